The van der Waals surface area contributed by atoms with E-state index in [1.807, 2.05) is 36.4 Å². The highest BCUT2D eigenvalue weighted by Crippen LogP contribution is 2.30. The fourth-order valence-electron chi connectivity index (χ4n) is 2.19. The van der Waals surface area contributed by atoms with Crippen molar-refractivity contribution in [2.75, 3.05) is 0 Å². The lowest BCUT2D eigenvalue weighted by atomic mass is 10.2. The molecule has 26 heavy (non-hydrogen) atoms. The predicted octanol–water partition coefficient (Wildman–Crippen LogP) is 5.49. The lowest BCUT2D eigenvalue weighted by molar-refractivity contribution is 0.391. The Hall–Kier alpha value is -2.16. The Labute approximate surface area is 166 Å². The van der Waals surface area contributed by atoms with Crippen LogP contribution in [0.4, 0.5) is 0 Å². The summed E-state index contributed by atoms with van der Waals surface area (Å²) in [6, 6.07) is 14.9. The molecule has 0 N–H and O–H groups in total. The summed E-state index contributed by atoms with van der Waals surface area (Å²) in [5, 5.41) is 13.1. The van der Waals surface area contributed by atoms with Gasteiger partial charge in [0.15, 0.2) is 0 Å². The van der Waals surface area contributed by atoms with E-state index in [1.165, 1.54) is 11.8 Å². The van der Waals surface area contributed by atoms with Gasteiger partial charge in [0.25, 0.3) is 5.22 Å². The SMILES string of the molecule is Clc1cccc(-c2noc(CSc3nnc(-c4ccccc4Br)o3)n2)c1. The van der Waals surface area contributed by atoms with Crippen LogP contribution in [0, 0.1) is 0 Å². The van der Waals surface area contributed by atoms with Crippen LogP contribution in [0.2, 0.25) is 5.02 Å². The van der Waals surface area contributed by atoms with Crippen LogP contribution < -0.4 is 0 Å². The van der Waals surface area contributed by atoms with Crippen LogP contribution in [0.25, 0.3) is 22.8 Å². The first-order valence-electron chi connectivity index (χ1n) is 7.49. The van der Waals surface area contributed by atoms with Crippen molar-refractivity contribution in [1.82, 2.24) is 20.3 Å². The minimum absolute atomic E-state index is 0.422. The van der Waals surface area contributed by atoms with Crippen LogP contribution in [0.1, 0.15) is 5.89 Å². The summed E-state index contributed by atoms with van der Waals surface area (Å²) in [4.78, 5) is 4.36. The zero-order valence-electron chi connectivity index (χ0n) is 13.1. The van der Waals surface area contributed by atoms with Gasteiger partial charge in [-0.25, -0.2) is 0 Å². The van der Waals surface area contributed by atoms with E-state index in [0.717, 1.165) is 15.6 Å². The summed E-state index contributed by atoms with van der Waals surface area (Å²) in [7, 11) is 0. The lowest BCUT2D eigenvalue weighted by Gasteiger charge is -1.96. The van der Waals surface area contributed by atoms with Crippen molar-refractivity contribution in [2.24, 2.45) is 0 Å². The van der Waals surface area contributed by atoms with E-state index >= 15 is 0 Å². The Bertz CT molecular complexity index is 1050. The molecule has 0 aliphatic carbocycles. The average molecular weight is 450 g/mol. The zero-order valence-corrected chi connectivity index (χ0v) is 16.3. The molecule has 0 amide bonds. The van der Waals surface area contributed by atoms with E-state index in [1.54, 1.807) is 12.1 Å². The van der Waals surface area contributed by atoms with E-state index < -0.39 is 0 Å². The van der Waals surface area contributed by atoms with E-state index in [9.17, 15) is 0 Å². The first-order chi connectivity index (χ1) is 12.7. The van der Waals surface area contributed by atoms with E-state index in [0.29, 0.717) is 33.6 Å². The number of aromatic nitrogens is 4. The van der Waals surface area contributed by atoms with Gasteiger partial charge in [-0.05, 0) is 40.2 Å². The van der Waals surface area contributed by atoms with Gasteiger partial charge in [-0.3, -0.25) is 0 Å². The molecule has 0 fully saturated rings. The first kappa shape index (κ1) is 17.3. The summed E-state index contributed by atoms with van der Waals surface area (Å²) < 4.78 is 11.8. The Morgan fingerprint density at radius 3 is 2.81 bits per heavy atom. The molecule has 6 nitrogen and oxygen atoms in total. The number of nitrogens with zero attached hydrogens (tertiary/aromatic N) is 4. The third-order valence-corrected chi connectivity index (χ3v) is 5.11. The van der Waals surface area contributed by atoms with Crippen LogP contribution in [-0.2, 0) is 5.75 Å². The lowest BCUT2D eigenvalue weighted by Crippen LogP contribution is -1.83. The highest BCUT2D eigenvalue weighted by atomic mass is 79.9. The molecule has 0 aliphatic heterocycles. The molecule has 0 bridgehead atoms. The molecule has 9 heteroatoms. The van der Waals surface area contributed by atoms with E-state index in [4.69, 9.17) is 20.5 Å². The quantitative estimate of drug-likeness (QED) is 0.372. The molecule has 0 saturated carbocycles. The molecule has 0 spiro atoms. The van der Waals surface area contributed by atoms with Crippen molar-refractivity contribution in [1.29, 1.82) is 0 Å². The van der Waals surface area contributed by atoms with Gasteiger partial charge in [0, 0.05) is 15.1 Å². The van der Waals surface area contributed by atoms with Crippen LogP contribution in [0.15, 0.2) is 67.2 Å². The zero-order chi connectivity index (χ0) is 17.9. The average Bonchev–Trinajstić information content (AvgIpc) is 3.30. The topological polar surface area (TPSA) is 77.8 Å². The molecule has 130 valence electrons. The molecule has 2 heterocycles. The van der Waals surface area contributed by atoms with Crippen molar-refractivity contribution in [3.63, 3.8) is 0 Å². The molecule has 0 radical (unpaired) electrons. The van der Waals surface area contributed by atoms with E-state index in [2.05, 4.69) is 36.3 Å². The number of rotatable bonds is 5. The number of halogens is 2. The molecule has 2 aromatic heterocycles. The van der Waals surface area contributed by atoms with Crippen molar-refractivity contribution in [3.05, 3.63) is 63.9 Å². The van der Waals surface area contributed by atoms with Crippen molar-refractivity contribution >= 4 is 39.3 Å². The maximum absolute atomic E-state index is 5.99. The van der Waals surface area contributed by atoms with Crippen molar-refractivity contribution < 1.29 is 8.94 Å². The Balaban J connectivity index is 1.45. The fourth-order valence-corrected chi connectivity index (χ4v) is 3.44. The largest absolute Gasteiger partial charge is 0.411 e. The second-order valence-corrected chi connectivity index (χ2v) is 7.38. The number of hydrogen-bond donors (Lipinski definition) is 0. The molecular weight excluding hydrogens is 440 g/mol. The summed E-state index contributed by atoms with van der Waals surface area (Å²) >= 11 is 10.8. The van der Waals surface area contributed by atoms with Gasteiger partial charge in [-0.15, -0.1) is 10.2 Å². The van der Waals surface area contributed by atoms with Crippen molar-refractivity contribution in [3.8, 4) is 22.8 Å². The highest BCUT2D eigenvalue weighted by Gasteiger charge is 2.14. The van der Waals surface area contributed by atoms with Gasteiger partial charge in [-0.2, -0.15) is 4.98 Å². The molecule has 0 saturated heterocycles. The van der Waals surface area contributed by atoms with Gasteiger partial charge < -0.3 is 8.94 Å². The smallest absolute Gasteiger partial charge is 0.277 e. The minimum Gasteiger partial charge on any atom is -0.411 e. The van der Waals surface area contributed by atoms with Crippen LogP contribution >= 0.6 is 39.3 Å². The van der Waals surface area contributed by atoms with Crippen LogP contribution in [-0.4, -0.2) is 20.3 Å². The standard InChI is InChI=1S/C17H10BrClN4O2S/c18-13-7-2-1-6-12(13)16-21-22-17(24-16)26-9-14-20-15(23-25-14)10-4-3-5-11(19)8-10/h1-8H,9H2. The molecular formula is C17H10BrClN4O2S. The maximum Gasteiger partial charge on any atom is 0.277 e. The summed E-state index contributed by atoms with van der Waals surface area (Å²) in [6.45, 7) is 0. The number of hydrogen-bond acceptors (Lipinski definition) is 7. The summed E-state index contributed by atoms with van der Waals surface area (Å²) in [5.74, 6) is 1.82. The molecule has 0 aliphatic rings. The Morgan fingerprint density at radius 1 is 1.08 bits per heavy atom. The normalized spacial score (nSPS) is 11.0. The number of benzene rings is 2. The molecule has 0 unspecified atom stereocenters. The van der Waals surface area contributed by atoms with E-state index in [-0.39, 0.29) is 0 Å². The summed E-state index contributed by atoms with van der Waals surface area (Å²) in [5.41, 5.74) is 1.64. The van der Waals surface area contributed by atoms with Crippen molar-refractivity contribution in [2.45, 2.75) is 11.0 Å². The first-order valence-corrected chi connectivity index (χ1v) is 9.64. The van der Waals surface area contributed by atoms with Crippen LogP contribution in [0.5, 0.6) is 0 Å². The molecule has 0 atom stereocenters. The maximum atomic E-state index is 5.99. The molecule has 2 aromatic carbocycles. The Kier molecular flexibility index (Phi) is 5.05. The second kappa shape index (κ2) is 7.61. The molecule has 4 aromatic rings. The highest BCUT2D eigenvalue weighted by molar-refractivity contribution is 9.10. The van der Waals surface area contributed by atoms with Gasteiger partial charge >= 0.3 is 0 Å². The summed E-state index contributed by atoms with van der Waals surface area (Å²) in [6.07, 6.45) is 0. The Morgan fingerprint density at radius 2 is 1.96 bits per heavy atom. The monoisotopic (exact) mass is 448 g/mol. The third-order valence-electron chi connectivity index (χ3n) is 3.38. The third kappa shape index (κ3) is 3.82. The van der Waals surface area contributed by atoms with Gasteiger partial charge in [-0.1, -0.05) is 52.8 Å². The fraction of sp³-hybridized carbons (Fsp3) is 0.0588. The predicted molar refractivity (Wildman–Crippen MR) is 102 cm³/mol. The minimum atomic E-state index is 0.422. The van der Waals surface area contributed by atoms with Gasteiger partial charge in [0.2, 0.25) is 17.6 Å². The number of thioether (sulfide) groups is 1. The van der Waals surface area contributed by atoms with Gasteiger partial charge in [0.05, 0.1) is 11.3 Å². The second-order valence-electron chi connectivity index (χ2n) is 5.16. The molecule has 4 rings (SSSR count). The van der Waals surface area contributed by atoms with Gasteiger partial charge in [0.1, 0.15) is 0 Å². The van der Waals surface area contributed by atoms with Crippen LogP contribution in [0.3, 0.4) is 0 Å².